The summed E-state index contributed by atoms with van der Waals surface area (Å²) in [6.07, 6.45) is 0.788. The number of halogens is 1. The molecule has 5 heteroatoms. The van der Waals surface area contributed by atoms with Crippen LogP contribution >= 0.6 is 23.4 Å². The molecule has 1 amide bonds. The molecule has 0 heterocycles. The molecule has 0 radical (unpaired) electrons. The Kier molecular flexibility index (Phi) is 7.46. The van der Waals surface area contributed by atoms with Gasteiger partial charge >= 0.3 is 0 Å². The molecule has 0 aliphatic heterocycles. The summed E-state index contributed by atoms with van der Waals surface area (Å²) in [6, 6.07) is 15.4. The maximum absolute atomic E-state index is 11.8. The summed E-state index contributed by atoms with van der Waals surface area (Å²) in [7, 11) is 0. The standard InChI is InChI=1S/C18H20ClNO2S/c19-17-3-1-2-16(10-17)12-23-13-18(22)20-9-8-14-4-6-15(11-21)7-5-14/h1-7,10,21H,8-9,11-13H2,(H,20,22). The zero-order valence-corrected chi connectivity index (χ0v) is 14.4. The Bertz CT molecular complexity index is 631. The van der Waals surface area contributed by atoms with Crippen molar-refractivity contribution in [1.82, 2.24) is 5.32 Å². The first-order chi connectivity index (χ1) is 11.2. The Labute approximate surface area is 146 Å². The van der Waals surface area contributed by atoms with Crippen LogP contribution in [0.4, 0.5) is 0 Å². The first kappa shape index (κ1) is 17.9. The van der Waals surface area contributed by atoms with Crippen LogP contribution in [0, 0.1) is 0 Å². The number of hydrogen-bond donors (Lipinski definition) is 2. The van der Waals surface area contributed by atoms with Gasteiger partial charge in [0.2, 0.25) is 5.91 Å². The molecule has 0 bridgehead atoms. The quantitative estimate of drug-likeness (QED) is 0.767. The van der Waals surface area contributed by atoms with Crippen LogP contribution in [0.1, 0.15) is 16.7 Å². The molecule has 0 saturated carbocycles. The number of carbonyl (C=O) groups is 1. The highest BCUT2D eigenvalue weighted by Gasteiger charge is 2.02. The molecule has 23 heavy (non-hydrogen) atoms. The molecular weight excluding hydrogens is 330 g/mol. The number of hydrogen-bond acceptors (Lipinski definition) is 3. The highest BCUT2D eigenvalue weighted by molar-refractivity contribution is 7.99. The van der Waals surface area contributed by atoms with Crippen LogP contribution in [0.15, 0.2) is 48.5 Å². The maximum Gasteiger partial charge on any atom is 0.230 e. The third kappa shape index (κ3) is 6.65. The van der Waals surface area contributed by atoms with Crippen molar-refractivity contribution in [1.29, 1.82) is 0 Å². The topological polar surface area (TPSA) is 49.3 Å². The lowest BCUT2D eigenvalue weighted by Crippen LogP contribution is -2.27. The van der Waals surface area contributed by atoms with Gasteiger partial charge in [-0.3, -0.25) is 4.79 Å². The highest BCUT2D eigenvalue weighted by Crippen LogP contribution is 2.16. The van der Waals surface area contributed by atoms with E-state index in [-0.39, 0.29) is 12.5 Å². The maximum atomic E-state index is 11.8. The van der Waals surface area contributed by atoms with E-state index < -0.39 is 0 Å². The molecule has 122 valence electrons. The molecule has 0 aliphatic carbocycles. The number of thioether (sulfide) groups is 1. The summed E-state index contributed by atoms with van der Waals surface area (Å²) < 4.78 is 0. The number of nitrogens with one attached hydrogen (secondary N) is 1. The van der Waals surface area contributed by atoms with Crippen molar-refractivity contribution >= 4 is 29.3 Å². The molecule has 0 fully saturated rings. The van der Waals surface area contributed by atoms with Gasteiger partial charge in [-0.15, -0.1) is 11.8 Å². The molecule has 0 unspecified atom stereocenters. The van der Waals surface area contributed by atoms with Crippen molar-refractivity contribution in [3.8, 4) is 0 Å². The van der Waals surface area contributed by atoms with E-state index in [1.165, 1.54) is 0 Å². The largest absolute Gasteiger partial charge is 0.392 e. The zero-order chi connectivity index (χ0) is 16.5. The van der Waals surface area contributed by atoms with E-state index in [1.807, 2.05) is 48.5 Å². The average molecular weight is 350 g/mol. The molecule has 3 nitrogen and oxygen atoms in total. The second kappa shape index (κ2) is 9.60. The van der Waals surface area contributed by atoms with Crippen molar-refractivity contribution in [3.63, 3.8) is 0 Å². The van der Waals surface area contributed by atoms with Gasteiger partial charge in [-0.25, -0.2) is 0 Å². The van der Waals surface area contributed by atoms with Gasteiger partial charge in [-0.05, 0) is 35.2 Å². The molecule has 0 saturated heterocycles. The lowest BCUT2D eigenvalue weighted by Gasteiger charge is -2.06. The van der Waals surface area contributed by atoms with Gasteiger partial charge in [0.1, 0.15) is 0 Å². The second-order valence-electron chi connectivity index (χ2n) is 5.20. The Morgan fingerprint density at radius 3 is 2.52 bits per heavy atom. The van der Waals surface area contributed by atoms with Gasteiger partial charge in [0.25, 0.3) is 0 Å². The number of rotatable bonds is 8. The minimum atomic E-state index is 0.0454. The zero-order valence-electron chi connectivity index (χ0n) is 12.8. The first-order valence-electron chi connectivity index (χ1n) is 7.45. The number of benzene rings is 2. The van der Waals surface area contributed by atoms with E-state index >= 15 is 0 Å². The van der Waals surface area contributed by atoms with Gasteiger partial charge in [0, 0.05) is 17.3 Å². The van der Waals surface area contributed by atoms with E-state index in [1.54, 1.807) is 11.8 Å². The Morgan fingerprint density at radius 2 is 1.83 bits per heavy atom. The summed E-state index contributed by atoms with van der Waals surface area (Å²) in [5.41, 5.74) is 3.17. The van der Waals surface area contributed by atoms with Crippen molar-refractivity contribution < 1.29 is 9.90 Å². The third-order valence-electron chi connectivity index (χ3n) is 3.33. The predicted molar refractivity (Wildman–Crippen MR) is 96.7 cm³/mol. The Morgan fingerprint density at radius 1 is 1.09 bits per heavy atom. The van der Waals surface area contributed by atoms with Gasteiger partial charge in [0.15, 0.2) is 0 Å². The van der Waals surface area contributed by atoms with Crippen molar-refractivity contribution in [3.05, 3.63) is 70.2 Å². The molecule has 0 atom stereocenters. The van der Waals surface area contributed by atoms with Crippen LogP contribution in [0.2, 0.25) is 5.02 Å². The number of carbonyl (C=O) groups excluding carboxylic acids is 1. The molecule has 2 N–H and O–H groups in total. The van der Waals surface area contributed by atoms with Crippen LogP contribution in [-0.4, -0.2) is 23.3 Å². The Balaban J connectivity index is 1.63. The molecule has 2 aromatic carbocycles. The summed E-state index contributed by atoms with van der Waals surface area (Å²) in [4.78, 5) is 11.8. The van der Waals surface area contributed by atoms with Crippen LogP contribution in [0.3, 0.4) is 0 Å². The van der Waals surface area contributed by atoms with Crippen molar-refractivity contribution in [2.75, 3.05) is 12.3 Å². The van der Waals surface area contributed by atoms with E-state index in [9.17, 15) is 4.79 Å². The van der Waals surface area contributed by atoms with Crippen LogP contribution in [0.25, 0.3) is 0 Å². The van der Waals surface area contributed by atoms with E-state index in [0.29, 0.717) is 12.3 Å². The van der Waals surface area contributed by atoms with Gasteiger partial charge in [0.05, 0.1) is 12.4 Å². The lowest BCUT2D eigenvalue weighted by molar-refractivity contribution is -0.118. The van der Waals surface area contributed by atoms with Gasteiger partial charge < -0.3 is 10.4 Å². The fourth-order valence-electron chi connectivity index (χ4n) is 2.10. The van der Waals surface area contributed by atoms with Crippen LogP contribution in [0.5, 0.6) is 0 Å². The third-order valence-corrected chi connectivity index (χ3v) is 4.57. The van der Waals surface area contributed by atoms with Crippen molar-refractivity contribution in [2.45, 2.75) is 18.8 Å². The monoisotopic (exact) mass is 349 g/mol. The molecular formula is C18H20ClNO2S. The first-order valence-corrected chi connectivity index (χ1v) is 8.98. The lowest BCUT2D eigenvalue weighted by atomic mass is 10.1. The minimum Gasteiger partial charge on any atom is -0.392 e. The van der Waals surface area contributed by atoms with Gasteiger partial charge in [-0.2, -0.15) is 0 Å². The smallest absolute Gasteiger partial charge is 0.230 e. The number of amides is 1. The van der Waals surface area contributed by atoms with Crippen LogP contribution in [-0.2, 0) is 23.6 Å². The average Bonchev–Trinajstić information content (AvgIpc) is 2.55. The highest BCUT2D eigenvalue weighted by atomic mass is 35.5. The van der Waals surface area contributed by atoms with Gasteiger partial charge in [-0.1, -0.05) is 48.0 Å². The molecule has 2 rings (SSSR count). The molecule has 2 aromatic rings. The summed E-state index contributed by atoms with van der Waals surface area (Å²) in [6.45, 7) is 0.676. The molecule has 0 spiro atoms. The van der Waals surface area contributed by atoms with E-state index in [2.05, 4.69) is 5.32 Å². The molecule has 0 aromatic heterocycles. The second-order valence-corrected chi connectivity index (χ2v) is 6.62. The summed E-state index contributed by atoms with van der Waals surface area (Å²) >= 11 is 7.51. The minimum absolute atomic E-state index is 0.0454. The fraction of sp³-hybridized carbons (Fsp3) is 0.278. The van der Waals surface area contributed by atoms with Crippen LogP contribution < -0.4 is 5.32 Å². The summed E-state index contributed by atoms with van der Waals surface area (Å²) in [5.74, 6) is 1.26. The normalized spacial score (nSPS) is 10.5. The fourth-order valence-corrected chi connectivity index (χ4v) is 3.11. The Hall–Kier alpha value is -1.49. The molecule has 0 aliphatic rings. The van der Waals surface area contributed by atoms with E-state index in [4.69, 9.17) is 16.7 Å². The van der Waals surface area contributed by atoms with Crippen molar-refractivity contribution in [2.24, 2.45) is 0 Å². The summed E-state index contributed by atoms with van der Waals surface area (Å²) in [5, 5.41) is 12.6. The SMILES string of the molecule is O=C(CSCc1cccc(Cl)c1)NCCc1ccc(CO)cc1. The number of aliphatic hydroxyl groups is 1. The van der Waals surface area contributed by atoms with E-state index in [0.717, 1.165) is 33.9 Å². The predicted octanol–water partition coefficient (Wildman–Crippen LogP) is 3.42. The number of aliphatic hydroxyl groups excluding tert-OH is 1.